The van der Waals surface area contributed by atoms with Crippen LogP contribution in [-0.2, 0) is 12.3 Å². The molecule has 0 unspecified atom stereocenters. The number of methoxy groups -OCH3 is 1. The van der Waals surface area contributed by atoms with E-state index in [4.69, 9.17) is 20.6 Å². The predicted molar refractivity (Wildman–Crippen MR) is 183 cm³/mol. The van der Waals surface area contributed by atoms with Crippen LogP contribution in [0.25, 0.3) is 10.9 Å². The molecule has 5 aromatic rings. The molecule has 2 aliphatic heterocycles. The quantitative estimate of drug-likeness (QED) is 0.159. The zero-order chi connectivity index (χ0) is 35.6. The standard InChI is InChI=1S/C37H30F3N7O4/c1-3-24-6-12-28(13-7-24)51-29-14-10-27(11-15-29)43-35(48)47-18-16-46(17-19-47)34-30-20-32(49-2)33(21-31(30)41-23-42-34)50-22-25-4-8-26(9-5-25)36(44-45-36)37(38,39)40/h1,4-15,20-21,23H,16-19,22H2,2H3,(H,43,48). The van der Waals surface area contributed by atoms with Crippen LogP contribution in [-0.4, -0.2) is 60.4 Å². The van der Waals surface area contributed by atoms with Gasteiger partial charge in [0.25, 0.3) is 0 Å². The number of amides is 2. The first-order chi connectivity index (χ1) is 24.7. The number of rotatable bonds is 9. The molecule has 0 saturated carbocycles. The zero-order valence-electron chi connectivity index (χ0n) is 27.2. The van der Waals surface area contributed by atoms with Gasteiger partial charge in [-0.2, -0.15) is 13.2 Å². The number of alkyl halides is 3. The van der Waals surface area contributed by atoms with Gasteiger partial charge in [0.1, 0.15) is 30.3 Å². The third-order valence-electron chi connectivity index (χ3n) is 8.57. The van der Waals surface area contributed by atoms with Crippen molar-refractivity contribution in [1.82, 2.24) is 14.9 Å². The lowest BCUT2D eigenvalue weighted by molar-refractivity contribution is -0.166. The minimum absolute atomic E-state index is 0.0474. The molecule has 4 aromatic carbocycles. The van der Waals surface area contributed by atoms with E-state index in [0.717, 1.165) is 10.9 Å². The summed E-state index contributed by atoms with van der Waals surface area (Å²) in [4.78, 5) is 25.9. The molecule has 2 amide bonds. The number of terminal acetylenes is 1. The Morgan fingerprint density at radius 2 is 1.57 bits per heavy atom. The number of halogens is 3. The molecular formula is C37H30F3N7O4. The van der Waals surface area contributed by atoms with E-state index in [1.807, 2.05) is 0 Å². The monoisotopic (exact) mass is 693 g/mol. The second-order valence-corrected chi connectivity index (χ2v) is 11.8. The molecule has 1 saturated heterocycles. The first kappa shape index (κ1) is 33.2. The van der Waals surface area contributed by atoms with Crippen LogP contribution >= 0.6 is 0 Å². The number of hydrogen-bond acceptors (Lipinski definition) is 9. The molecule has 258 valence electrons. The number of piperazine rings is 1. The van der Waals surface area contributed by atoms with E-state index < -0.39 is 11.8 Å². The second-order valence-electron chi connectivity index (χ2n) is 11.8. The number of ether oxygens (including phenoxy) is 3. The average molecular weight is 694 g/mol. The fraction of sp³-hybridized carbons (Fsp3) is 0.216. The number of urea groups is 1. The van der Waals surface area contributed by atoms with Gasteiger partial charge >= 0.3 is 17.9 Å². The van der Waals surface area contributed by atoms with Gasteiger partial charge in [-0.3, -0.25) is 0 Å². The number of carbonyl (C=O) groups excluding carboxylic acids is 1. The zero-order valence-corrected chi connectivity index (χ0v) is 27.2. The fourth-order valence-corrected chi connectivity index (χ4v) is 5.70. The van der Waals surface area contributed by atoms with Crippen LogP contribution in [0.4, 0.5) is 29.5 Å². The highest BCUT2D eigenvalue weighted by Gasteiger charge is 2.65. The van der Waals surface area contributed by atoms with Gasteiger partial charge < -0.3 is 29.3 Å². The van der Waals surface area contributed by atoms with Crippen LogP contribution < -0.4 is 24.4 Å². The van der Waals surface area contributed by atoms with Gasteiger partial charge in [-0.1, -0.05) is 30.2 Å². The third-order valence-corrected chi connectivity index (χ3v) is 8.57. The van der Waals surface area contributed by atoms with Crippen LogP contribution in [0.5, 0.6) is 23.0 Å². The van der Waals surface area contributed by atoms with E-state index in [0.29, 0.717) is 71.8 Å². The summed E-state index contributed by atoms with van der Waals surface area (Å²) < 4.78 is 57.5. The largest absolute Gasteiger partial charge is 0.493 e. The Morgan fingerprint density at radius 1 is 0.902 bits per heavy atom. The van der Waals surface area contributed by atoms with E-state index in [9.17, 15) is 18.0 Å². The van der Waals surface area contributed by atoms with Gasteiger partial charge in [0.15, 0.2) is 11.5 Å². The van der Waals surface area contributed by atoms with Gasteiger partial charge in [-0.25, -0.2) is 14.8 Å². The molecule has 51 heavy (non-hydrogen) atoms. The molecule has 3 heterocycles. The van der Waals surface area contributed by atoms with E-state index in [-0.39, 0.29) is 18.2 Å². The first-order valence-corrected chi connectivity index (χ1v) is 15.9. The van der Waals surface area contributed by atoms with Gasteiger partial charge in [0.05, 0.1) is 12.6 Å². The van der Waals surface area contributed by atoms with Crippen molar-refractivity contribution in [3.05, 3.63) is 108 Å². The Labute approximate surface area is 290 Å². The second kappa shape index (κ2) is 13.5. The summed E-state index contributed by atoms with van der Waals surface area (Å²) in [7, 11) is 1.52. The van der Waals surface area contributed by atoms with Gasteiger partial charge in [-0.15, -0.1) is 16.7 Å². The summed E-state index contributed by atoms with van der Waals surface area (Å²) in [5, 5.41) is 10.2. The molecule has 0 aliphatic carbocycles. The molecule has 0 atom stereocenters. The number of hydrogen-bond donors (Lipinski definition) is 1. The normalized spacial score (nSPS) is 14.9. The SMILES string of the molecule is C#Cc1ccc(Oc2ccc(NC(=O)N3CCN(c4ncnc5cc(OCc6ccc(C7(C(F)(F)F)N=N7)cc6)c(OC)cc45)CC3)cc2)cc1. The first-order valence-electron chi connectivity index (χ1n) is 15.9. The van der Waals surface area contributed by atoms with Gasteiger partial charge in [0.2, 0.25) is 0 Å². The number of aromatic nitrogens is 2. The molecule has 0 spiro atoms. The van der Waals surface area contributed by atoms with Crippen molar-refractivity contribution in [3.8, 4) is 35.3 Å². The molecule has 0 radical (unpaired) electrons. The van der Waals surface area contributed by atoms with Crippen molar-refractivity contribution in [3.63, 3.8) is 0 Å². The minimum atomic E-state index is -4.59. The molecule has 2 aliphatic rings. The highest BCUT2D eigenvalue weighted by Crippen LogP contribution is 2.52. The molecule has 1 aromatic heterocycles. The summed E-state index contributed by atoms with van der Waals surface area (Å²) >= 11 is 0. The molecule has 1 N–H and O–H groups in total. The summed E-state index contributed by atoms with van der Waals surface area (Å²) in [6, 6.07) is 23.5. The van der Waals surface area contributed by atoms with E-state index in [1.165, 1.54) is 25.6 Å². The average Bonchev–Trinajstić information content (AvgIpc) is 3.98. The minimum Gasteiger partial charge on any atom is -0.493 e. The van der Waals surface area contributed by atoms with Gasteiger partial charge in [-0.05, 0) is 60.2 Å². The van der Waals surface area contributed by atoms with E-state index >= 15 is 0 Å². The van der Waals surface area contributed by atoms with Crippen LogP contribution in [0.1, 0.15) is 16.7 Å². The van der Waals surface area contributed by atoms with Crippen molar-refractivity contribution in [1.29, 1.82) is 0 Å². The van der Waals surface area contributed by atoms with Crippen LogP contribution in [0.2, 0.25) is 0 Å². The van der Waals surface area contributed by atoms with E-state index in [2.05, 4.69) is 36.3 Å². The fourth-order valence-electron chi connectivity index (χ4n) is 5.70. The Kier molecular flexibility index (Phi) is 8.78. The van der Waals surface area contributed by atoms with Crippen molar-refractivity contribution >= 4 is 28.4 Å². The molecule has 14 heteroatoms. The maximum absolute atomic E-state index is 13.3. The highest BCUT2D eigenvalue weighted by atomic mass is 19.4. The smallest absolute Gasteiger partial charge is 0.442 e. The predicted octanol–water partition coefficient (Wildman–Crippen LogP) is 7.53. The topological polar surface area (TPSA) is 114 Å². The van der Waals surface area contributed by atoms with Gasteiger partial charge in [0, 0.05) is 54.4 Å². The molecule has 1 fully saturated rings. The highest BCUT2D eigenvalue weighted by molar-refractivity contribution is 5.92. The summed E-state index contributed by atoms with van der Waals surface area (Å²) in [6.07, 6.45) is 2.29. The third kappa shape index (κ3) is 6.91. The summed E-state index contributed by atoms with van der Waals surface area (Å²) in [6.45, 7) is 2.09. The van der Waals surface area contributed by atoms with Crippen molar-refractivity contribution in [2.24, 2.45) is 10.2 Å². The van der Waals surface area contributed by atoms with Crippen molar-refractivity contribution < 1.29 is 32.2 Å². The van der Waals surface area contributed by atoms with Crippen LogP contribution in [0, 0.1) is 12.3 Å². The number of nitrogens with zero attached hydrogens (tertiary/aromatic N) is 6. The molecule has 7 rings (SSSR count). The van der Waals surface area contributed by atoms with Crippen LogP contribution in [0.3, 0.4) is 0 Å². The number of fused-ring (bicyclic) bond motifs is 1. The Morgan fingerprint density at radius 3 is 2.18 bits per heavy atom. The molecular weight excluding hydrogens is 663 g/mol. The number of carbonyl (C=O) groups is 1. The van der Waals surface area contributed by atoms with E-state index in [1.54, 1.807) is 77.7 Å². The molecule has 0 bridgehead atoms. The lowest BCUT2D eigenvalue weighted by Crippen LogP contribution is -2.50. The number of anilines is 2. The maximum Gasteiger partial charge on any atom is 0.442 e. The molecule has 11 nitrogen and oxygen atoms in total. The lowest BCUT2D eigenvalue weighted by Gasteiger charge is -2.35. The number of nitrogens with one attached hydrogen (secondary N) is 1. The summed E-state index contributed by atoms with van der Waals surface area (Å²) in [5.41, 5.74) is 0.164. The van der Waals surface area contributed by atoms with Crippen molar-refractivity contribution in [2.75, 3.05) is 43.5 Å². The van der Waals surface area contributed by atoms with Crippen LogP contribution in [0.15, 0.2) is 101 Å². The number of benzene rings is 4. The Balaban J connectivity index is 0.957. The Bertz CT molecular complexity index is 2120. The lowest BCUT2D eigenvalue weighted by atomic mass is 10.0. The Hall–Kier alpha value is -6.36. The maximum atomic E-state index is 13.3. The summed E-state index contributed by atoms with van der Waals surface area (Å²) in [5.74, 6) is 5.40. The van der Waals surface area contributed by atoms with Crippen molar-refractivity contribution in [2.45, 2.75) is 18.4 Å².